The molecule has 2 aromatic heterocycles. The van der Waals surface area contributed by atoms with E-state index in [1.807, 2.05) is 48.5 Å². The summed E-state index contributed by atoms with van der Waals surface area (Å²) < 4.78 is 21.4. The van der Waals surface area contributed by atoms with E-state index in [0.29, 0.717) is 32.4 Å². The molecule has 176 valence electrons. The second-order valence-corrected chi connectivity index (χ2v) is 9.30. The van der Waals surface area contributed by atoms with Gasteiger partial charge in [0.25, 0.3) is 0 Å². The fraction of sp³-hybridized carbons (Fsp3) is 0.115. The second kappa shape index (κ2) is 9.97. The minimum atomic E-state index is -0.466. The molecule has 0 saturated carbocycles. The number of nitrogens with zero attached hydrogens (tertiary/aromatic N) is 2. The van der Waals surface area contributed by atoms with E-state index in [1.54, 1.807) is 35.4 Å². The number of anilines is 1. The van der Waals surface area contributed by atoms with Gasteiger partial charge in [-0.3, -0.25) is 9.78 Å². The molecule has 0 aliphatic carbocycles. The van der Waals surface area contributed by atoms with Gasteiger partial charge in [0.05, 0.1) is 17.3 Å². The smallest absolute Gasteiger partial charge is 0.244 e. The van der Waals surface area contributed by atoms with Gasteiger partial charge in [-0.25, -0.2) is 4.39 Å². The Bertz CT molecular complexity index is 1370. The maximum Gasteiger partial charge on any atom is 0.244 e. The van der Waals surface area contributed by atoms with Crippen LogP contribution in [0.2, 0.25) is 0 Å². The lowest BCUT2D eigenvalue weighted by molar-refractivity contribution is -0.116. The van der Waals surface area contributed by atoms with E-state index in [4.69, 9.17) is 16.6 Å². The topological polar surface area (TPSA) is 70.4 Å². The van der Waals surface area contributed by atoms with Crippen molar-refractivity contribution >= 4 is 44.9 Å². The highest BCUT2D eigenvalue weighted by Crippen LogP contribution is 2.40. The molecule has 2 N–H and O–H groups in total. The second-order valence-electron chi connectivity index (χ2n) is 7.99. The molecule has 6 nitrogen and oxygen atoms in total. The molecule has 0 unspecified atom stereocenters. The minimum absolute atomic E-state index is 0.00257. The third kappa shape index (κ3) is 4.96. The molecule has 1 aliphatic rings. The van der Waals surface area contributed by atoms with Gasteiger partial charge in [0, 0.05) is 16.4 Å². The normalized spacial score (nSPS) is 17.3. The lowest BCUT2D eigenvalue weighted by Gasteiger charge is -2.25. The summed E-state index contributed by atoms with van der Waals surface area (Å²) in [5, 5.41) is 6.58. The Kier molecular flexibility index (Phi) is 6.61. The predicted molar refractivity (Wildman–Crippen MR) is 139 cm³/mol. The first-order valence-electron chi connectivity index (χ1n) is 10.9. The monoisotopic (exact) mass is 550 g/mol. The maximum absolute atomic E-state index is 14.6. The molecule has 1 fully saturated rings. The average molecular weight is 551 g/mol. The Morgan fingerprint density at radius 3 is 2.66 bits per heavy atom. The van der Waals surface area contributed by atoms with Gasteiger partial charge < -0.3 is 20.0 Å². The van der Waals surface area contributed by atoms with E-state index >= 15 is 0 Å². The molecule has 0 bridgehead atoms. The average Bonchev–Trinajstić information content (AvgIpc) is 3.45. The molecular formula is C26H20BrFN4O2S. The first-order chi connectivity index (χ1) is 17.0. The number of hydrogen-bond acceptors (Lipinski definition) is 4. The largest absolute Gasteiger partial charge is 0.459 e. The molecule has 1 saturated heterocycles. The molecule has 1 aliphatic heterocycles. The van der Waals surface area contributed by atoms with Crippen molar-refractivity contribution in [3.63, 3.8) is 0 Å². The SMILES string of the molecule is O=C(CN1C(=S)N[C@@H](c2ccccn2)[C@H]1c1ccc(-c2ccc(Br)cc2F)o1)Nc1ccccc1. The molecule has 5 rings (SSSR count). The minimum Gasteiger partial charge on any atom is -0.459 e. The van der Waals surface area contributed by atoms with E-state index < -0.39 is 11.9 Å². The lowest BCUT2D eigenvalue weighted by atomic mass is 10.0. The fourth-order valence-electron chi connectivity index (χ4n) is 4.11. The number of pyridine rings is 1. The zero-order chi connectivity index (χ0) is 24.4. The van der Waals surface area contributed by atoms with Crippen LogP contribution in [0.3, 0.4) is 0 Å². The molecule has 0 radical (unpaired) electrons. The quantitative estimate of drug-likeness (QED) is 0.293. The molecule has 2 atom stereocenters. The van der Waals surface area contributed by atoms with Crippen molar-refractivity contribution in [2.75, 3.05) is 11.9 Å². The number of amides is 1. The van der Waals surface area contributed by atoms with Crippen LogP contribution in [-0.2, 0) is 4.79 Å². The van der Waals surface area contributed by atoms with Crippen LogP contribution in [0.4, 0.5) is 10.1 Å². The van der Waals surface area contributed by atoms with Crippen LogP contribution in [0.25, 0.3) is 11.3 Å². The summed E-state index contributed by atoms with van der Waals surface area (Å²) in [5.74, 6) is 0.299. The Morgan fingerprint density at radius 1 is 1.11 bits per heavy atom. The summed E-state index contributed by atoms with van der Waals surface area (Å²) in [6.07, 6.45) is 1.70. The first kappa shape index (κ1) is 23.2. The Labute approximate surface area is 215 Å². The third-order valence-electron chi connectivity index (χ3n) is 5.68. The Morgan fingerprint density at radius 2 is 1.91 bits per heavy atom. The van der Waals surface area contributed by atoms with Gasteiger partial charge in [-0.15, -0.1) is 0 Å². The Balaban J connectivity index is 1.47. The van der Waals surface area contributed by atoms with Crippen LogP contribution >= 0.6 is 28.1 Å². The molecule has 1 amide bonds. The zero-order valence-electron chi connectivity index (χ0n) is 18.3. The fourth-order valence-corrected chi connectivity index (χ4v) is 4.75. The van der Waals surface area contributed by atoms with Crippen LogP contribution in [0, 0.1) is 5.82 Å². The van der Waals surface area contributed by atoms with Crippen molar-refractivity contribution in [3.05, 3.63) is 107 Å². The van der Waals surface area contributed by atoms with E-state index in [9.17, 15) is 9.18 Å². The van der Waals surface area contributed by atoms with Gasteiger partial charge in [-0.1, -0.05) is 40.2 Å². The van der Waals surface area contributed by atoms with Gasteiger partial charge in [-0.2, -0.15) is 0 Å². The van der Waals surface area contributed by atoms with Crippen LogP contribution in [0.5, 0.6) is 0 Å². The van der Waals surface area contributed by atoms with Crippen molar-refractivity contribution in [3.8, 4) is 11.3 Å². The highest BCUT2D eigenvalue weighted by molar-refractivity contribution is 9.10. The predicted octanol–water partition coefficient (Wildman–Crippen LogP) is 5.85. The standard InChI is InChI=1S/C26H20BrFN4O2S/c27-16-9-10-18(19(28)14-16)21-11-12-22(34-21)25-24(20-8-4-5-13-29-20)31-26(35)32(25)15-23(33)30-17-6-2-1-3-7-17/h1-14,24-25H,15H2,(H,30,33)(H,31,35)/t24-,25+/m0/s1. The number of hydrogen-bond donors (Lipinski definition) is 2. The molecule has 9 heteroatoms. The van der Waals surface area contributed by atoms with Crippen molar-refractivity contribution < 1.29 is 13.6 Å². The molecule has 0 spiro atoms. The van der Waals surface area contributed by atoms with Gasteiger partial charge in [0.15, 0.2) is 5.11 Å². The van der Waals surface area contributed by atoms with E-state index in [2.05, 4.69) is 31.5 Å². The van der Waals surface area contributed by atoms with E-state index in [1.165, 1.54) is 6.07 Å². The number of furan rings is 1. The number of carbonyl (C=O) groups excluding carboxylic acids is 1. The van der Waals surface area contributed by atoms with Crippen molar-refractivity contribution in [2.45, 2.75) is 12.1 Å². The van der Waals surface area contributed by atoms with Crippen molar-refractivity contribution in [1.29, 1.82) is 0 Å². The first-order valence-corrected chi connectivity index (χ1v) is 12.1. The molecule has 2 aromatic carbocycles. The number of nitrogens with one attached hydrogen (secondary N) is 2. The maximum atomic E-state index is 14.6. The van der Waals surface area contributed by atoms with E-state index in [0.717, 1.165) is 5.69 Å². The highest BCUT2D eigenvalue weighted by Gasteiger charge is 2.42. The number of carbonyl (C=O) groups is 1. The summed E-state index contributed by atoms with van der Waals surface area (Å²) in [7, 11) is 0. The summed E-state index contributed by atoms with van der Waals surface area (Å²) in [6.45, 7) is -0.00257. The summed E-state index contributed by atoms with van der Waals surface area (Å²) in [4.78, 5) is 19.2. The van der Waals surface area contributed by atoms with Crippen molar-refractivity contribution in [1.82, 2.24) is 15.2 Å². The number of benzene rings is 2. The van der Waals surface area contributed by atoms with Crippen LogP contribution < -0.4 is 10.6 Å². The summed E-state index contributed by atoms with van der Waals surface area (Å²) >= 11 is 8.89. The number of rotatable bonds is 6. The van der Waals surface area contributed by atoms with Gasteiger partial charge in [-0.05, 0) is 66.8 Å². The number of para-hydroxylation sites is 1. The number of halogens is 2. The van der Waals surface area contributed by atoms with E-state index in [-0.39, 0.29) is 18.5 Å². The Hall–Kier alpha value is -3.56. The van der Waals surface area contributed by atoms with Crippen LogP contribution in [-0.4, -0.2) is 27.4 Å². The molecular weight excluding hydrogens is 531 g/mol. The lowest BCUT2D eigenvalue weighted by Crippen LogP contribution is -2.36. The van der Waals surface area contributed by atoms with Gasteiger partial charge in [0.2, 0.25) is 5.91 Å². The molecule has 3 heterocycles. The van der Waals surface area contributed by atoms with Crippen LogP contribution in [0.15, 0.2) is 93.9 Å². The molecule has 35 heavy (non-hydrogen) atoms. The third-order valence-corrected chi connectivity index (χ3v) is 6.53. The summed E-state index contributed by atoms with van der Waals surface area (Å²) in [6, 6.07) is 22.3. The van der Waals surface area contributed by atoms with Gasteiger partial charge >= 0.3 is 0 Å². The number of thiocarbonyl (C=S) groups is 1. The highest BCUT2D eigenvalue weighted by atomic mass is 79.9. The van der Waals surface area contributed by atoms with Gasteiger partial charge in [0.1, 0.15) is 29.9 Å². The van der Waals surface area contributed by atoms with Crippen LogP contribution in [0.1, 0.15) is 23.5 Å². The van der Waals surface area contributed by atoms with Crippen molar-refractivity contribution in [2.24, 2.45) is 0 Å². The molecule has 4 aromatic rings. The summed E-state index contributed by atoms with van der Waals surface area (Å²) in [5.41, 5.74) is 1.79. The number of aromatic nitrogens is 1. The zero-order valence-corrected chi connectivity index (χ0v) is 20.7.